The van der Waals surface area contributed by atoms with E-state index in [0.29, 0.717) is 21.9 Å². The van der Waals surface area contributed by atoms with Crippen molar-refractivity contribution in [3.63, 3.8) is 0 Å². The van der Waals surface area contributed by atoms with Gasteiger partial charge in [0.25, 0.3) is 0 Å². The Bertz CT molecular complexity index is 1040. The zero-order valence-electron chi connectivity index (χ0n) is 13.0. The summed E-state index contributed by atoms with van der Waals surface area (Å²) in [5.74, 6) is -0.529. The number of thiazole rings is 1. The Balaban J connectivity index is 1.53. The molecule has 4 rings (SSSR count). The molecule has 0 atom stereocenters. The molecule has 7 heteroatoms. The van der Waals surface area contributed by atoms with E-state index in [1.807, 2.05) is 35.7 Å². The van der Waals surface area contributed by atoms with E-state index in [4.69, 9.17) is 0 Å². The number of rotatable bonds is 4. The van der Waals surface area contributed by atoms with Crippen LogP contribution in [0.1, 0.15) is 5.56 Å². The summed E-state index contributed by atoms with van der Waals surface area (Å²) in [6, 6.07) is 10.9. The van der Waals surface area contributed by atoms with E-state index in [1.54, 1.807) is 6.20 Å². The third-order valence-electron chi connectivity index (χ3n) is 3.73. The van der Waals surface area contributed by atoms with E-state index in [0.717, 1.165) is 11.1 Å². The quantitative estimate of drug-likeness (QED) is 0.583. The summed E-state index contributed by atoms with van der Waals surface area (Å²) in [6.07, 6.45) is 3.19. The molecular formula is C18H13FN4OS. The minimum atomic E-state index is -0.403. The number of aromatic nitrogens is 3. The van der Waals surface area contributed by atoms with Crippen molar-refractivity contribution in [3.8, 4) is 11.3 Å². The van der Waals surface area contributed by atoms with Gasteiger partial charge in [-0.3, -0.25) is 4.79 Å². The highest BCUT2D eigenvalue weighted by Crippen LogP contribution is 2.30. The van der Waals surface area contributed by atoms with Crippen molar-refractivity contribution in [2.45, 2.75) is 6.42 Å². The van der Waals surface area contributed by atoms with Gasteiger partial charge in [-0.2, -0.15) is 0 Å². The number of benzene rings is 1. The topological polar surface area (TPSA) is 70.7 Å². The Labute approximate surface area is 146 Å². The third kappa shape index (κ3) is 3.27. The maximum atomic E-state index is 13.4. The second-order valence-corrected chi connectivity index (χ2v) is 6.36. The Morgan fingerprint density at radius 1 is 1.28 bits per heavy atom. The van der Waals surface area contributed by atoms with Crippen LogP contribution in [0.5, 0.6) is 0 Å². The molecule has 1 amide bonds. The van der Waals surface area contributed by atoms with Crippen LogP contribution < -0.4 is 5.32 Å². The molecule has 0 aliphatic carbocycles. The molecule has 25 heavy (non-hydrogen) atoms. The molecule has 0 aliphatic heterocycles. The summed E-state index contributed by atoms with van der Waals surface area (Å²) < 4.78 is 13.4. The average Bonchev–Trinajstić information content (AvgIpc) is 3.22. The molecule has 0 aliphatic rings. The zero-order chi connectivity index (χ0) is 17.2. The summed E-state index contributed by atoms with van der Waals surface area (Å²) in [6.45, 7) is 0. The van der Waals surface area contributed by atoms with Gasteiger partial charge in [0.05, 0.1) is 18.3 Å². The fourth-order valence-electron chi connectivity index (χ4n) is 2.59. The predicted molar refractivity (Wildman–Crippen MR) is 95.9 cm³/mol. The van der Waals surface area contributed by atoms with E-state index in [-0.39, 0.29) is 12.3 Å². The van der Waals surface area contributed by atoms with Gasteiger partial charge < -0.3 is 10.3 Å². The summed E-state index contributed by atoms with van der Waals surface area (Å²) in [5, 5.41) is 5.79. The van der Waals surface area contributed by atoms with Gasteiger partial charge >= 0.3 is 0 Å². The number of carbonyl (C=O) groups is 1. The number of halogens is 1. The molecule has 5 nitrogen and oxygen atoms in total. The number of pyridine rings is 1. The second kappa shape index (κ2) is 6.45. The fourth-order valence-corrected chi connectivity index (χ4v) is 3.32. The monoisotopic (exact) mass is 352 g/mol. The van der Waals surface area contributed by atoms with E-state index in [1.165, 1.54) is 23.6 Å². The predicted octanol–water partition coefficient (Wildman–Crippen LogP) is 4.01. The van der Waals surface area contributed by atoms with Crippen molar-refractivity contribution >= 4 is 33.4 Å². The number of anilines is 1. The molecule has 3 heterocycles. The van der Waals surface area contributed by atoms with Crippen molar-refractivity contribution < 1.29 is 9.18 Å². The van der Waals surface area contributed by atoms with Crippen LogP contribution in [0.25, 0.3) is 22.3 Å². The molecule has 1 aromatic carbocycles. The van der Waals surface area contributed by atoms with E-state index >= 15 is 0 Å². The van der Waals surface area contributed by atoms with Gasteiger partial charge in [-0.25, -0.2) is 14.4 Å². The van der Waals surface area contributed by atoms with Crippen LogP contribution in [0, 0.1) is 5.82 Å². The Hall–Kier alpha value is -3.06. The lowest BCUT2D eigenvalue weighted by molar-refractivity contribution is -0.115. The number of carbonyl (C=O) groups excluding carboxylic acids is 1. The first-order chi connectivity index (χ1) is 12.2. The summed E-state index contributed by atoms with van der Waals surface area (Å²) in [5.41, 5.74) is 2.95. The lowest BCUT2D eigenvalue weighted by atomic mass is 10.1. The van der Waals surface area contributed by atoms with Gasteiger partial charge in [-0.15, -0.1) is 11.3 Å². The van der Waals surface area contributed by atoms with Crippen molar-refractivity contribution in [2.75, 3.05) is 5.32 Å². The number of aromatic amines is 1. The molecule has 4 aromatic rings. The first kappa shape index (κ1) is 15.5. The summed E-state index contributed by atoms with van der Waals surface area (Å²) in [4.78, 5) is 23.6. The van der Waals surface area contributed by atoms with Crippen molar-refractivity contribution in [3.05, 3.63) is 65.6 Å². The number of nitrogens with one attached hydrogen (secondary N) is 2. The molecular weight excluding hydrogens is 339 g/mol. The second-order valence-electron chi connectivity index (χ2n) is 5.50. The maximum absolute atomic E-state index is 13.4. The maximum Gasteiger partial charge on any atom is 0.230 e. The molecule has 0 saturated heterocycles. The highest BCUT2D eigenvalue weighted by molar-refractivity contribution is 7.14. The third-order valence-corrected chi connectivity index (χ3v) is 4.49. The van der Waals surface area contributed by atoms with Gasteiger partial charge in [0, 0.05) is 22.5 Å². The number of amides is 1. The molecule has 2 N–H and O–H groups in total. The fraction of sp³-hybridized carbons (Fsp3) is 0.0556. The van der Waals surface area contributed by atoms with Crippen molar-refractivity contribution in [1.82, 2.24) is 15.0 Å². The highest BCUT2D eigenvalue weighted by atomic mass is 32.1. The number of hydrogen-bond donors (Lipinski definition) is 2. The van der Waals surface area contributed by atoms with Gasteiger partial charge in [0.15, 0.2) is 5.13 Å². The number of fused-ring (bicyclic) bond motifs is 1. The summed E-state index contributed by atoms with van der Waals surface area (Å²) in [7, 11) is 0. The minimum absolute atomic E-state index is 0.126. The van der Waals surface area contributed by atoms with Crippen LogP contribution in [0.15, 0.2) is 54.2 Å². The molecule has 0 radical (unpaired) electrons. The zero-order valence-corrected chi connectivity index (χ0v) is 13.8. The van der Waals surface area contributed by atoms with Gasteiger partial charge in [0.2, 0.25) is 5.91 Å². The molecule has 3 aromatic heterocycles. The van der Waals surface area contributed by atoms with Gasteiger partial charge in [-0.1, -0.05) is 30.3 Å². The molecule has 0 unspecified atom stereocenters. The molecule has 0 fully saturated rings. The molecule has 0 saturated carbocycles. The number of H-pyrrole nitrogens is 1. The van der Waals surface area contributed by atoms with Crippen LogP contribution in [-0.4, -0.2) is 20.9 Å². The molecule has 0 bridgehead atoms. The van der Waals surface area contributed by atoms with E-state index < -0.39 is 5.82 Å². The Morgan fingerprint density at radius 3 is 2.96 bits per heavy atom. The lowest BCUT2D eigenvalue weighted by Crippen LogP contribution is -2.14. The normalized spacial score (nSPS) is 10.9. The Kier molecular flexibility index (Phi) is 3.99. The van der Waals surface area contributed by atoms with Crippen LogP contribution in [0.3, 0.4) is 0 Å². The smallest absolute Gasteiger partial charge is 0.230 e. The summed E-state index contributed by atoms with van der Waals surface area (Å²) >= 11 is 1.33. The van der Waals surface area contributed by atoms with Crippen LogP contribution in [0.2, 0.25) is 0 Å². The number of nitrogens with zero attached hydrogens (tertiary/aromatic N) is 2. The van der Waals surface area contributed by atoms with Gasteiger partial charge in [-0.05, 0) is 11.6 Å². The van der Waals surface area contributed by atoms with Crippen LogP contribution in [-0.2, 0) is 11.2 Å². The van der Waals surface area contributed by atoms with Crippen LogP contribution in [0.4, 0.5) is 9.52 Å². The lowest BCUT2D eigenvalue weighted by Gasteiger charge is -2.01. The van der Waals surface area contributed by atoms with E-state index in [2.05, 4.69) is 20.3 Å². The first-order valence-electron chi connectivity index (χ1n) is 7.61. The highest BCUT2D eigenvalue weighted by Gasteiger charge is 2.13. The standard InChI is InChI=1S/C18H13FN4OS/c19-12-7-13-14(9-21-17(13)20-8-12)15-10-25-18(22-15)23-16(24)6-11-4-2-1-3-5-11/h1-5,7-10H,6H2,(H,20,21)(H,22,23,24). The van der Waals surface area contributed by atoms with Gasteiger partial charge in [0.1, 0.15) is 11.5 Å². The van der Waals surface area contributed by atoms with Crippen molar-refractivity contribution in [2.24, 2.45) is 0 Å². The molecule has 124 valence electrons. The number of hydrogen-bond acceptors (Lipinski definition) is 4. The van der Waals surface area contributed by atoms with Crippen LogP contribution >= 0.6 is 11.3 Å². The largest absolute Gasteiger partial charge is 0.345 e. The minimum Gasteiger partial charge on any atom is -0.345 e. The molecule has 0 spiro atoms. The first-order valence-corrected chi connectivity index (χ1v) is 8.49. The van der Waals surface area contributed by atoms with Crippen molar-refractivity contribution in [1.29, 1.82) is 0 Å². The Morgan fingerprint density at radius 2 is 2.12 bits per heavy atom. The average molecular weight is 352 g/mol. The SMILES string of the molecule is O=C(Cc1ccccc1)Nc1nc(-c2c[nH]c3ncc(F)cc23)cs1. The van der Waals surface area contributed by atoms with E-state index in [9.17, 15) is 9.18 Å².